The lowest BCUT2D eigenvalue weighted by molar-refractivity contribution is -0.116. The number of carbonyl (C=O) groups is 1. The van der Waals surface area contributed by atoms with Crippen molar-refractivity contribution in [3.05, 3.63) is 22.7 Å². The Kier molecular flexibility index (Phi) is 4.61. The first kappa shape index (κ1) is 14.1. The maximum atomic E-state index is 11.6. The van der Waals surface area contributed by atoms with Gasteiger partial charge in [-0.05, 0) is 49.7 Å². The summed E-state index contributed by atoms with van der Waals surface area (Å²) >= 11 is 11.4. The fourth-order valence-corrected chi connectivity index (χ4v) is 2.50. The third kappa shape index (κ3) is 3.58. The summed E-state index contributed by atoms with van der Waals surface area (Å²) in [6, 6.07) is 3.73. The van der Waals surface area contributed by atoms with Crippen LogP contribution >= 0.6 is 23.8 Å². The van der Waals surface area contributed by atoms with Gasteiger partial charge in [0.2, 0.25) is 5.91 Å². The van der Waals surface area contributed by atoms with Gasteiger partial charge in [-0.1, -0.05) is 11.6 Å². The molecule has 3 N–H and O–H groups in total. The van der Waals surface area contributed by atoms with E-state index < -0.39 is 0 Å². The fraction of sp³-hybridized carbons (Fsp3) is 0.385. The Morgan fingerprint density at radius 1 is 1.47 bits per heavy atom. The molecule has 0 saturated heterocycles. The lowest BCUT2D eigenvalue weighted by Gasteiger charge is -2.14. The molecule has 1 amide bonds. The first-order chi connectivity index (χ1) is 9.10. The number of hydrogen-bond acceptors (Lipinski definition) is 2. The van der Waals surface area contributed by atoms with Gasteiger partial charge in [-0.15, -0.1) is 0 Å². The van der Waals surface area contributed by atoms with Gasteiger partial charge in [-0.2, -0.15) is 0 Å². The molecule has 1 heterocycles. The molecule has 19 heavy (non-hydrogen) atoms. The van der Waals surface area contributed by atoms with E-state index in [1.165, 1.54) is 0 Å². The van der Waals surface area contributed by atoms with Crippen LogP contribution in [0.15, 0.2) is 12.1 Å². The van der Waals surface area contributed by atoms with Crippen molar-refractivity contribution in [1.82, 2.24) is 5.32 Å². The van der Waals surface area contributed by atoms with Crippen molar-refractivity contribution in [2.75, 3.05) is 17.2 Å². The highest BCUT2D eigenvalue weighted by atomic mass is 35.5. The topological polar surface area (TPSA) is 53.2 Å². The zero-order chi connectivity index (χ0) is 13.8. The molecule has 0 aliphatic carbocycles. The van der Waals surface area contributed by atoms with E-state index in [-0.39, 0.29) is 5.91 Å². The Morgan fingerprint density at radius 2 is 2.26 bits per heavy atom. The predicted molar refractivity (Wildman–Crippen MR) is 82.9 cm³/mol. The van der Waals surface area contributed by atoms with E-state index >= 15 is 0 Å². The largest absolute Gasteiger partial charge is 0.363 e. The van der Waals surface area contributed by atoms with Crippen molar-refractivity contribution in [2.45, 2.75) is 26.2 Å². The first-order valence-electron chi connectivity index (χ1n) is 6.27. The second-order valence-corrected chi connectivity index (χ2v) is 5.19. The Labute approximate surface area is 122 Å². The highest BCUT2D eigenvalue weighted by Gasteiger charge is 2.15. The average molecular weight is 298 g/mol. The first-order valence-corrected chi connectivity index (χ1v) is 7.06. The van der Waals surface area contributed by atoms with Crippen LogP contribution in [-0.4, -0.2) is 17.6 Å². The summed E-state index contributed by atoms with van der Waals surface area (Å²) in [6.45, 7) is 2.71. The lowest BCUT2D eigenvalue weighted by Crippen LogP contribution is -2.28. The average Bonchev–Trinajstić information content (AvgIpc) is 2.51. The summed E-state index contributed by atoms with van der Waals surface area (Å²) in [7, 11) is 0. The highest BCUT2D eigenvalue weighted by Crippen LogP contribution is 2.32. The second-order valence-electron chi connectivity index (χ2n) is 4.38. The molecule has 1 aliphatic rings. The Morgan fingerprint density at radius 3 is 3.00 bits per heavy atom. The molecule has 1 aromatic carbocycles. The minimum atomic E-state index is 0.0429. The lowest BCUT2D eigenvalue weighted by atomic mass is 10.1. The van der Waals surface area contributed by atoms with Gasteiger partial charge >= 0.3 is 0 Å². The van der Waals surface area contributed by atoms with Crippen LogP contribution in [0.25, 0.3) is 0 Å². The van der Waals surface area contributed by atoms with Gasteiger partial charge in [0.15, 0.2) is 5.11 Å². The molecule has 0 unspecified atom stereocenters. The molecule has 102 valence electrons. The van der Waals surface area contributed by atoms with E-state index in [4.69, 9.17) is 23.8 Å². The second kappa shape index (κ2) is 6.21. The minimum absolute atomic E-state index is 0.0429. The van der Waals surface area contributed by atoms with Gasteiger partial charge in [0.05, 0.1) is 10.7 Å². The fourth-order valence-electron chi connectivity index (χ4n) is 2.01. The van der Waals surface area contributed by atoms with Crippen molar-refractivity contribution in [2.24, 2.45) is 0 Å². The molecule has 1 aromatic rings. The number of fused-ring (bicyclic) bond motifs is 1. The van der Waals surface area contributed by atoms with E-state index in [0.717, 1.165) is 30.6 Å². The summed E-state index contributed by atoms with van der Waals surface area (Å²) in [5.41, 5.74) is 2.58. The van der Waals surface area contributed by atoms with E-state index in [9.17, 15) is 4.79 Å². The number of amides is 1. The van der Waals surface area contributed by atoms with Gasteiger partial charge in [0.25, 0.3) is 0 Å². The SMILES string of the molecule is CCNC(=S)Nc1cc2c(cc1Cl)CCCC(=O)N2. The van der Waals surface area contributed by atoms with Crippen molar-refractivity contribution in [3.63, 3.8) is 0 Å². The zero-order valence-electron chi connectivity index (χ0n) is 10.7. The Hall–Kier alpha value is -1.33. The summed E-state index contributed by atoms with van der Waals surface area (Å²) < 4.78 is 0. The molecule has 0 fully saturated rings. The van der Waals surface area contributed by atoms with Gasteiger partial charge in [0, 0.05) is 18.7 Å². The maximum Gasteiger partial charge on any atom is 0.224 e. The van der Waals surface area contributed by atoms with E-state index in [1.54, 1.807) is 0 Å². The quantitative estimate of drug-likeness (QED) is 0.735. The van der Waals surface area contributed by atoms with Gasteiger partial charge in [-0.25, -0.2) is 0 Å². The van der Waals surface area contributed by atoms with E-state index in [2.05, 4.69) is 16.0 Å². The number of hydrogen-bond donors (Lipinski definition) is 3. The monoisotopic (exact) mass is 297 g/mol. The van der Waals surface area contributed by atoms with Crippen LogP contribution in [0.5, 0.6) is 0 Å². The number of anilines is 2. The number of rotatable bonds is 2. The van der Waals surface area contributed by atoms with Gasteiger partial charge in [0.1, 0.15) is 0 Å². The number of thiocarbonyl (C=S) groups is 1. The van der Waals surface area contributed by atoms with Crippen LogP contribution in [0, 0.1) is 0 Å². The Balaban J connectivity index is 2.26. The maximum absolute atomic E-state index is 11.6. The molecular weight excluding hydrogens is 282 g/mol. The van der Waals surface area contributed by atoms with Gasteiger partial charge in [-0.3, -0.25) is 4.79 Å². The summed E-state index contributed by atoms with van der Waals surface area (Å²) in [5, 5.41) is 10.0. The predicted octanol–water partition coefficient (Wildman–Crippen LogP) is 2.92. The number of halogens is 1. The molecule has 4 nitrogen and oxygen atoms in total. The van der Waals surface area contributed by atoms with Crippen LogP contribution < -0.4 is 16.0 Å². The van der Waals surface area contributed by atoms with Crippen LogP contribution in [0.3, 0.4) is 0 Å². The number of aryl methyl sites for hydroxylation is 1. The number of carbonyl (C=O) groups excluding carboxylic acids is 1. The molecule has 0 radical (unpaired) electrons. The third-order valence-electron chi connectivity index (χ3n) is 2.90. The summed E-state index contributed by atoms with van der Waals surface area (Å²) in [6.07, 6.45) is 2.24. The van der Waals surface area contributed by atoms with Crippen LogP contribution in [0.2, 0.25) is 5.02 Å². The Bertz CT molecular complexity index is 519. The van der Waals surface area contributed by atoms with E-state index in [1.807, 2.05) is 19.1 Å². The third-order valence-corrected chi connectivity index (χ3v) is 3.46. The minimum Gasteiger partial charge on any atom is -0.363 e. The molecule has 0 atom stereocenters. The summed E-state index contributed by atoms with van der Waals surface area (Å²) in [5.74, 6) is 0.0429. The smallest absolute Gasteiger partial charge is 0.224 e. The molecule has 6 heteroatoms. The molecule has 0 bridgehead atoms. The molecule has 0 saturated carbocycles. The molecule has 1 aliphatic heterocycles. The van der Waals surface area contributed by atoms with Crippen molar-refractivity contribution < 1.29 is 4.79 Å². The van der Waals surface area contributed by atoms with Crippen molar-refractivity contribution >= 4 is 46.2 Å². The number of benzene rings is 1. The zero-order valence-corrected chi connectivity index (χ0v) is 12.3. The standard InChI is InChI=1S/C13H16ClN3OS/c1-2-15-13(19)17-11-7-10-8(6-9(11)14)4-3-5-12(18)16-10/h6-7H,2-5H2,1H3,(H,16,18)(H2,15,17,19). The molecular formula is C13H16ClN3OS. The van der Waals surface area contributed by atoms with Gasteiger partial charge < -0.3 is 16.0 Å². The van der Waals surface area contributed by atoms with Crippen molar-refractivity contribution in [3.8, 4) is 0 Å². The highest BCUT2D eigenvalue weighted by molar-refractivity contribution is 7.80. The normalized spacial score (nSPS) is 14.1. The summed E-state index contributed by atoms with van der Waals surface area (Å²) in [4.78, 5) is 11.6. The molecule has 0 aromatic heterocycles. The van der Waals surface area contributed by atoms with Crippen LogP contribution in [0.1, 0.15) is 25.3 Å². The number of nitrogens with one attached hydrogen (secondary N) is 3. The molecule has 0 spiro atoms. The molecule has 2 rings (SSSR count). The van der Waals surface area contributed by atoms with Crippen LogP contribution in [0.4, 0.5) is 11.4 Å². The van der Waals surface area contributed by atoms with Crippen LogP contribution in [-0.2, 0) is 11.2 Å². The van der Waals surface area contributed by atoms with Crippen molar-refractivity contribution in [1.29, 1.82) is 0 Å². The van der Waals surface area contributed by atoms with E-state index in [0.29, 0.717) is 22.2 Å².